The van der Waals surface area contributed by atoms with Crippen molar-refractivity contribution < 1.29 is 14.3 Å². The number of nitrogens with one attached hydrogen (secondary N) is 1. The van der Waals surface area contributed by atoms with Gasteiger partial charge < -0.3 is 14.8 Å². The molecule has 5 nitrogen and oxygen atoms in total. The van der Waals surface area contributed by atoms with Crippen LogP contribution in [0.2, 0.25) is 0 Å². The van der Waals surface area contributed by atoms with Crippen molar-refractivity contribution in [2.45, 2.75) is 6.04 Å². The summed E-state index contributed by atoms with van der Waals surface area (Å²) in [6.07, 6.45) is 1.61. The van der Waals surface area contributed by atoms with Gasteiger partial charge >= 0.3 is 0 Å². The number of carbonyl (C=O) groups is 1. The van der Waals surface area contributed by atoms with Crippen molar-refractivity contribution in [1.29, 1.82) is 0 Å². The molecule has 6 heteroatoms. The lowest BCUT2D eigenvalue weighted by Crippen LogP contribution is -2.34. The molecule has 2 aromatic rings. The third-order valence-corrected chi connectivity index (χ3v) is 3.65. The van der Waals surface area contributed by atoms with Crippen LogP contribution in [0.5, 0.6) is 5.75 Å². The van der Waals surface area contributed by atoms with Gasteiger partial charge in [-0.3, -0.25) is 9.69 Å². The summed E-state index contributed by atoms with van der Waals surface area (Å²) in [5.41, 5.74) is 0.246. The van der Waals surface area contributed by atoms with E-state index in [-0.39, 0.29) is 23.3 Å². The molecule has 0 aliphatic carbocycles. The summed E-state index contributed by atoms with van der Waals surface area (Å²) >= 11 is 3.24. The molecule has 1 aromatic carbocycles. The van der Waals surface area contributed by atoms with Crippen LogP contribution < -0.4 is 5.32 Å². The van der Waals surface area contributed by atoms with Crippen LogP contribution in [0.15, 0.2) is 45.5 Å². The zero-order valence-electron chi connectivity index (χ0n) is 11.8. The molecule has 1 amide bonds. The summed E-state index contributed by atoms with van der Waals surface area (Å²) in [7, 11) is 3.83. The molecule has 0 radical (unpaired) electrons. The van der Waals surface area contributed by atoms with Gasteiger partial charge in [0.05, 0.1) is 17.9 Å². The van der Waals surface area contributed by atoms with Crippen molar-refractivity contribution in [3.63, 3.8) is 0 Å². The van der Waals surface area contributed by atoms with Crippen molar-refractivity contribution in [2.24, 2.45) is 0 Å². The first-order valence-electron chi connectivity index (χ1n) is 6.45. The van der Waals surface area contributed by atoms with E-state index in [0.717, 1.165) is 10.2 Å². The standard InChI is InChI=1S/C15H17BrN2O3/c1-18(2)12(14-4-3-7-21-14)9-17-15(20)11-6-5-10(16)8-13(11)19/h3-8,12,19H,9H2,1-2H3,(H,17,20). The summed E-state index contributed by atoms with van der Waals surface area (Å²) in [5.74, 6) is 0.403. The minimum Gasteiger partial charge on any atom is -0.507 e. The first kappa shape index (κ1) is 15.6. The Morgan fingerprint density at radius 3 is 2.76 bits per heavy atom. The highest BCUT2D eigenvalue weighted by Gasteiger charge is 2.19. The number of rotatable bonds is 5. The van der Waals surface area contributed by atoms with Crippen LogP contribution in [0.4, 0.5) is 0 Å². The van der Waals surface area contributed by atoms with E-state index in [4.69, 9.17) is 4.42 Å². The molecule has 1 atom stereocenters. The SMILES string of the molecule is CN(C)C(CNC(=O)c1ccc(Br)cc1O)c1ccco1. The maximum atomic E-state index is 12.1. The molecule has 0 saturated carbocycles. The lowest BCUT2D eigenvalue weighted by molar-refractivity contribution is 0.0936. The van der Waals surface area contributed by atoms with Crippen molar-refractivity contribution in [2.75, 3.05) is 20.6 Å². The summed E-state index contributed by atoms with van der Waals surface area (Å²) < 4.78 is 6.11. The first-order chi connectivity index (χ1) is 9.99. The van der Waals surface area contributed by atoms with Gasteiger partial charge in [0, 0.05) is 11.0 Å². The second-order valence-electron chi connectivity index (χ2n) is 4.87. The smallest absolute Gasteiger partial charge is 0.255 e. The van der Waals surface area contributed by atoms with Crippen molar-refractivity contribution in [3.8, 4) is 5.75 Å². The Morgan fingerprint density at radius 2 is 2.19 bits per heavy atom. The van der Waals surface area contributed by atoms with Gasteiger partial charge in [-0.2, -0.15) is 0 Å². The van der Waals surface area contributed by atoms with Crippen LogP contribution >= 0.6 is 15.9 Å². The summed E-state index contributed by atoms with van der Waals surface area (Å²) in [6.45, 7) is 0.384. The average Bonchev–Trinajstić information content (AvgIpc) is 2.92. The number of furan rings is 1. The normalized spacial score (nSPS) is 12.4. The fourth-order valence-corrected chi connectivity index (χ4v) is 2.35. The lowest BCUT2D eigenvalue weighted by Gasteiger charge is -2.22. The highest BCUT2D eigenvalue weighted by atomic mass is 79.9. The Kier molecular flexibility index (Phi) is 5.03. The minimum atomic E-state index is -0.321. The molecule has 112 valence electrons. The molecule has 0 aliphatic heterocycles. The van der Waals surface area contributed by atoms with Gasteiger partial charge in [0.1, 0.15) is 11.5 Å². The number of hydrogen-bond donors (Lipinski definition) is 2. The summed E-state index contributed by atoms with van der Waals surface area (Å²) in [5, 5.41) is 12.6. The monoisotopic (exact) mass is 352 g/mol. The summed E-state index contributed by atoms with van der Waals surface area (Å²) in [4.78, 5) is 14.1. The number of amides is 1. The quantitative estimate of drug-likeness (QED) is 0.868. The number of halogens is 1. The molecule has 1 aromatic heterocycles. The largest absolute Gasteiger partial charge is 0.507 e. The van der Waals surface area contributed by atoms with Crippen LogP contribution in [0, 0.1) is 0 Å². The predicted molar refractivity (Wildman–Crippen MR) is 83.3 cm³/mol. The van der Waals surface area contributed by atoms with E-state index >= 15 is 0 Å². The lowest BCUT2D eigenvalue weighted by atomic mass is 10.1. The average molecular weight is 353 g/mol. The Bertz CT molecular complexity index is 611. The Balaban J connectivity index is 2.05. The number of aromatic hydroxyl groups is 1. The molecule has 21 heavy (non-hydrogen) atoms. The van der Waals surface area contributed by atoms with E-state index in [1.165, 1.54) is 6.07 Å². The van der Waals surface area contributed by atoms with E-state index in [1.807, 2.05) is 31.1 Å². The van der Waals surface area contributed by atoms with Gasteiger partial charge in [-0.25, -0.2) is 0 Å². The maximum Gasteiger partial charge on any atom is 0.255 e. The number of likely N-dealkylation sites (N-methyl/N-ethyl adjacent to an activating group) is 1. The number of nitrogens with zero attached hydrogens (tertiary/aromatic N) is 1. The van der Waals surface area contributed by atoms with Gasteiger partial charge in [0.2, 0.25) is 0 Å². The van der Waals surface area contributed by atoms with E-state index in [9.17, 15) is 9.90 Å². The Hall–Kier alpha value is -1.79. The Labute approximate surface area is 131 Å². The molecule has 0 bridgehead atoms. The van der Waals surface area contributed by atoms with Gasteiger partial charge in [0.25, 0.3) is 5.91 Å². The van der Waals surface area contributed by atoms with Crippen molar-refractivity contribution in [1.82, 2.24) is 10.2 Å². The van der Waals surface area contributed by atoms with Gasteiger partial charge in [-0.1, -0.05) is 15.9 Å². The molecule has 1 heterocycles. The van der Waals surface area contributed by atoms with E-state index in [2.05, 4.69) is 21.2 Å². The first-order valence-corrected chi connectivity index (χ1v) is 7.25. The molecule has 0 fully saturated rings. The van der Waals surface area contributed by atoms with Crippen LogP contribution in [-0.2, 0) is 0 Å². The molecule has 0 saturated heterocycles. The second kappa shape index (κ2) is 6.78. The third kappa shape index (κ3) is 3.86. The van der Waals surface area contributed by atoms with Crippen LogP contribution in [0.1, 0.15) is 22.2 Å². The zero-order valence-corrected chi connectivity index (χ0v) is 13.4. The van der Waals surface area contributed by atoms with Crippen LogP contribution in [0.25, 0.3) is 0 Å². The zero-order chi connectivity index (χ0) is 15.4. The molecule has 1 unspecified atom stereocenters. The number of hydrogen-bond acceptors (Lipinski definition) is 4. The molecule has 0 spiro atoms. The van der Waals surface area contributed by atoms with Gasteiger partial charge in [-0.15, -0.1) is 0 Å². The molecule has 0 aliphatic rings. The van der Waals surface area contributed by atoms with Gasteiger partial charge in [0.15, 0.2) is 0 Å². The van der Waals surface area contributed by atoms with Crippen molar-refractivity contribution >= 4 is 21.8 Å². The fourth-order valence-electron chi connectivity index (χ4n) is 2.00. The predicted octanol–water partition coefficient (Wildman–Crippen LogP) is 2.78. The minimum absolute atomic E-state index is 0.0544. The summed E-state index contributed by atoms with van der Waals surface area (Å²) in [6, 6.07) is 8.39. The van der Waals surface area contributed by atoms with E-state index < -0.39 is 0 Å². The van der Waals surface area contributed by atoms with Crippen LogP contribution in [-0.4, -0.2) is 36.6 Å². The topological polar surface area (TPSA) is 65.7 Å². The second-order valence-corrected chi connectivity index (χ2v) is 5.78. The maximum absolute atomic E-state index is 12.1. The highest BCUT2D eigenvalue weighted by molar-refractivity contribution is 9.10. The molecule has 2 rings (SSSR count). The fraction of sp³-hybridized carbons (Fsp3) is 0.267. The van der Waals surface area contributed by atoms with Crippen molar-refractivity contribution in [3.05, 3.63) is 52.4 Å². The highest BCUT2D eigenvalue weighted by Crippen LogP contribution is 2.23. The molecule has 2 N–H and O–H groups in total. The number of carbonyl (C=O) groups excluding carboxylic acids is 1. The Morgan fingerprint density at radius 1 is 1.43 bits per heavy atom. The van der Waals surface area contributed by atoms with Crippen LogP contribution in [0.3, 0.4) is 0 Å². The molecular weight excluding hydrogens is 336 g/mol. The number of phenolic OH excluding ortho intramolecular Hbond substituents is 1. The van der Waals surface area contributed by atoms with Gasteiger partial charge in [-0.05, 0) is 44.4 Å². The molecular formula is C15H17BrN2O3. The van der Waals surface area contributed by atoms with E-state index in [1.54, 1.807) is 18.4 Å². The number of phenols is 1. The third-order valence-electron chi connectivity index (χ3n) is 3.16. The number of benzene rings is 1. The van der Waals surface area contributed by atoms with E-state index in [0.29, 0.717) is 6.54 Å².